The van der Waals surface area contributed by atoms with Gasteiger partial charge in [0.05, 0.1) is 17.0 Å². The molecule has 136 valence electrons. The van der Waals surface area contributed by atoms with Crippen LogP contribution < -0.4 is 5.32 Å². The normalized spacial score (nSPS) is 11.0. The van der Waals surface area contributed by atoms with Crippen LogP contribution in [0.1, 0.15) is 29.8 Å². The zero-order valence-electron chi connectivity index (χ0n) is 14.5. The molecule has 25 heavy (non-hydrogen) atoms. The Balaban J connectivity index is 3.00. The van der Waals surface area contributed by atoms with Gasteiger partial charge in [-0.1, -0.05) is 25.8 Å². The summed E-state index contributed by atoms with van der Waals surface area (Å²) in [7, 11) is -3.69. The molecular weight excluding hydrogens is 344 g/mol. The molecule has 0 heterocycles. The third-order valence-electron chi connectivity index (χ3n) is 3.49. The van der Waals surface area contributed by atoms with Gasteiger partial charge in [0.1, 0.15) is 0 Å². The maximum absolute atomic E-state index is 12.6. The van der Waals surface area contributed by atoms with Crippen molar-refractivity contribution in [3.8, 4) is 12.3 Å². The number of hydrogen-bond acceptors (Lipinski definition) is 5. The quantitative estimate of drug-likeness (QED) is 0.546. The summed E-state index contributed by atoms with van der Waals surface area (Å²) in [5.41, 5.74) is 0.644. The molecule has 7 nitrogen and oxygen atoms in total. The van der Waals surface area contributed by atoms with Crippen molar-refractivity contribution in [1.82, 2.24) is 9.62 Å². The minimum absolute atomic E-state index is 0.00512. The van der Waals surface area contributed by atoms with Gasteiger partial charge >= 0.3 is 5.97 Å². The third kappa shape index (κ3) is 5.31. The number of esters is 1. The smallest absolute Gasteiger partial charge is 0.338 e. The molecule has 0 saturated carbocycles. The summed E-state index contributed by atoms with van der Waals surface area (Å²) in [6.45, 7) is 5.31. The summed E-state index contributed by atoms with van der Waals surface area (Å²) in [5.74, 6) is 0.924. The highest BCUT2D eigenvalue weighted by Gasteiger charge is 2.24. The van der Waals surface area contributed by atoms with E-state index in [2.05, 4.69) is 11.2 Å². The summed E-state index contributed by atoms with van der Waals surface area (Å²) >= 11 is 0. The van der Waals surface area contributed by atoms with Crippen molar-refractivity contribution in [3.63, 3.8) is 0 Å². The van der Waals surface area contributed by atoms with Crippen LogP contribution in [-0.2, 0) is 19.6 Å². The van der Waals surface area contributed by atoms with E-state index in [1.54, 1.807) is 20.8 Å². The van der Waals surface area contributed by atoms with Crippen molar-refractivity contribution in [3.05, 3.63) is 29.3 Å². The van der Waals surface area contributed by atoms with Gasteiger partial charge in [-0.25, -0.2) is 13.2 Å². The number of nitrogens with one attached hydrogen (secondary N) is 1. The van der Waals surface area contributed by atoms with E-state index in [0.717, 1.165) is 0 Å². The zero-order valence-corrected chi connectivity index (χ0v) is 15.4. The average Bonchev–Trinajstić information content (AvgIpc) is 2.58. The van der Waals surface area contributed by atoms with Crippen molar-refractivity contribution < 1.29 is 22.7 Å². The molecule has 1 aromatic carbocycles. The molecule has 1 amide bonds. The van der Waals surface area contributed by atoms with E-state index >= 15 is 0 Å². The summed E-state index contributed by atoms with van der Waals surface area (Å²) < 4.78 is 31.3. The van der Waals surface area contributed by atoms with Crippen molar-refractivity contribution in [2.45, 2.75) is 25.7 Å². The Morgan fingerprint density at radius 2 is 1.92 bits per heavy atom. The van der Waals surface area contributed by atoms with Crippen LogP contribution in [0.15, 0.2) is 23.1 Å². The number of rotatable bonds is 8. The van der Waals surface area contributed by atoms with Gasteiger partial charge in [0.2, 0.25) is 10.0 Å². The predicted molar refractivity (Wildman–Crippen MR) is 93.4 cm³/mol. The second kappa shape index (κ2) is 9.20. The fourth-order valence-electron chi connectivity index (χ4n) is 2.10. The zero-order chi connectivity index (χ0) is 19.0. The third-order valence-corrected chi connectivity index (χ3v) is 5.54. The molecule has 0 aliphatic heterocycles. The van der Waals surface area contributed by atoms with Crippen molar-refractivity contribution in [1.29, 1.82) is 0 Å². The Hall–Kier alpha value is -2.37. The van der Waals surface area contributed by atoms with E-state index < -0.39 is 28.5 Å². The first-order valence-electron chi connectivity index (χ1n) is 7.76. The molecule has 0 aliphatic carbocycles. The van der Waals surface area contributed by atoms with E-state index in [9.17, 15) is 18.0 Å². The van der Waals surface area contributed by atoms with E-state index in [0.29, 0.717) is 18.7 Å². The lowest BCUT2D eigenvalue weighted by atomic mass is 10.1. The Labute approximate surface area is 148 Å². The van der Waals surface area contributed by atoms with Crippen LogP contribution in [0.4, 0.5) is 0 Å². The molecule has 8 heteroatoms. The molecule has 0 fully saturated rings. The summed E-state index contributed by atoms with van der Waals surface area (Å²) in [4.78, 5) is 23.6. The van der Waals surface area contributed by atoms with Crippen LogP contribution in [0.2, 0.25) is 0 Å². The average molecular weight is 366 g/mol. The number of amides is 1. The summed E-state index contributed by atoms with van der Waals surface area (Å²) in [6.07, 6.45) is 5.01. The molecule has 0 aromatic heterocycles. The topological polar surface area (TPSA) is 92.8 Å². The van der Waals surface area contributed by atoms with E-state index in [1.165, 1.54) is 22.5 Å². The lowest BCUT2D eigenvalue weighted by Gasteiger charge is -2.19. The standard InChI is InChI=1S/C17H22N2O5S/c1-5-10-18-16(20)12-24-17(21)15-11-14(9-8-13(15)4)25(22,23)19(6-2)7-3/h1,8-9,11H,6-7,10,12H2,2-4H3,(H,18,20). The molecule has 0 unspecified atom stereocenters. The summed E-state index contributed by atoms with van der Waals surface area (Å²) in [5, 5.41) is 2.36. The van der Waals surface area contributed by atoms with E-state index in [-0.39, 0.29) is 17.0 Å². The number of ether oxygens (including phenoxy) is 1. The molecule has 0 radical (unpaired) electrons. The minimum atomic E-state index is -3.69. The molecular formula is C17H22N2O5S. The van der Waals surface area contributed by atoms with Crippen LogP contribution in [-0.4, -0.2) is 50.8 Å². The molecule has 1 N–H and O–H groups in total. The van der Waals surface area contributed by atoms with Gasteiger partial charge in [-0.3, -0.25) is 4.79 Å². The molecule has 0 atom stereocenters. The van der Waals surface area contributed by atoms with Crippen LogP contribution >= 0.6 is 0 Å². The Morgan fingerprint density at radius 1 is 1.28 bits per heavy atom. The monoisotopic (exact) mass is 366 g/mol. The molecule has 0 spiro atoms. The van der Waals surface area contributed by atoms with Crippen molar-refractivity contribution >= 4 is 21.9 Å². The number of aryl methyl sites for hydroxylation is 1. The summed E-state index contributed by atoms with van der Waals surface area (Å²) in [6, 6.07) is 4.25. The van der Waals surface area contributed by atoms with E-state index in [1.807, 2.05) is 0 Å². The van der Waals surface area contributed by atoms with Gasteiger partial charge in [-0.2, -0.15) is 4.31 Å². The van der Waals surface area contributed by atoms with Gasteiger partial charge in [-0.05, 0) is 24.6 Å². The lowest BCUT2D eigenvalue weighted by molar-refractivity contribution is -0.123. The van der Waals surface area contributed by atoms with E-state index in [4.69, 9.17) is 11.2 Å². The SMILES string of the molecule is C#CCNC(=O)COC(=O)c1cc(S(=O)(=O)N(CC)CC)ccc1C. The first kappa shape index (κ1) is 20.7. The van der Waals surface area contributed by atoms with Gasteiger partial charge in [0.15, 0.2) is 6.61 Å². The van der Waals surface area contributed by atoms with Crippen LogP contribution in [0, 0.1) is 19.3 Å². The molecule has 1 aromatic rings. The largest absolute Gasteiger partial charge is 0.452 e. The Bertz CT molecular complexity index is 777. The first-order chi connectivity index (χ1) is 11.8. The predicted octanol–water partition coefficient (Wildman–Crippen LogP) is 0.932. The number of sulfonamides is 1. The number of carbonyl (C=O) groups excluding carboxylic acids is 2. The van der Waals surface area contributed by atoms with Crippen molar-refractivity contribution in [2.24, 2.45) is 0 Å². The highest BCUT2D eigenvalue weighted by Crippen LogP contribution is 2.20. The van der Waals surface area contributed by atoms with Crippen molar-refractivity contribution in [2.75, 3.05) is 26.2 Å². The van der Waals surface area contributed by atoms with Gasteiger partial charge in [0, 0.05) is 13.1 Å². The minimum Gasteiger partial charge on any atom is -0.452 e. The van der Waals surface area contributed by atoms with Gasteiger partial charge < -0.3 is 10.1 Å². The van der Waals surface area contributed by atoms with Crippen LogP contribution in [0.25, 0.3) is 0 Å². The number of hydrogen-bond donors (Lipinski definition) is 1. The Morgan fingerprint density at radius 3 is 2.48 bits per heavy atom. The second-order valence-corrected chi connectivity index (χ2v) is 7.06. The van der Waals surface area contributed by atoms with Crippen LogP contribution in [0.5, 0.6) is 0 Å². The first-order valence-corrected chi connectivity index (χ1v) is 9.20. The molecule has 0 bridgehead atoms. The number of terminal acetylenes is 1. The maximum Gasteiger partial charge on any atom is 0.338 e. The van der Waals surface area contributed by atoms with Gasteiger partial charge in [0.25, 0.3) is 5.91 Å². The Kier molecular flexibility index (Phi) is 7.61. The highest BCUT2D eigenvalue weighted by atomic mass is 32.2. The van der Waals surface area contributed by atoms with Gasteiger partial charge in [-0.15, -0.1) is 6.42 Å². The fourth-order valence-corrected chi connectivity index (χ4v) is 3.59. The fraction of sp³-hybridized carbons (Fsp3) is 0.412. The number of benzene rings is 1. The number of carbonyl (C=O) groups is 2. The maximum atomic E-state index is 12.6. The highest BCUT2D eigenvalue weighted by molar-refractivity contribution is 7.89. The van der Waals surface area contributed by atoms with Crippen LogP contribution in [0.3, 0.4) is 0 Å². The number of nitrogens with zero attached hydrogens (tertiary/aromatic N) is 1. The molecule has 0 aliphatic rings. The molecule has 1 rings (SSSR count). The lowest BCUT2D eigenvalue weighted by Crippen LogP contribution is -2.31. The molecule has 0 saturated heterocycles. The second-order valence-electron chi connectivity index (χ2n) is 5.12.